The number of benzene rings is 1. The van der Waals surface area contributed by atoms with Gasteiger partial charge in [0, 0.05) is 35.0 Å². The zero-order chi connectivity index (χ0) is 19.8. The van der Waals surface area contributed by atoms with Crippen molar-refractivity contribution in [2.45, 2.75) is 26.2 Å². The van der Waals surface area contributed by atoms with Crippen LogP contribution >= 0.6 is 11.3 Å². The van der Waals surface area contributed by atoms with Gasteiger partial charge in [-0.2, -0.15) is 0 Å². The summed E-state index contributed by atoms with van der Waals surface area (Å²) in [6, 6.07) is 7.34. The lowest BCUT2D eigenvalue weighted by atomic mass is 9.87. The van der Waals surface area contributed by atoms with Crippen molar-refractivity contribution in [3.8, 4) is 11.5 Å². The first-order valence-corrected chi connectivity index (χ1v) is 10.0. The molecular formula is C21H23N3O3S. The fourth-order valence-electron chi connectivity index (χ4n) is 3.61. The topological polar surface area (TPSA) is 86.5 Å². The molecule has 0 spiro atoms. The highest BCUT2D eigenvalue weighted by Crippen LogP contribution is 2.37. The van der Waals surface area contributed by atoms with Crippen molar-refractivity contribution in [2.24, 2.45) is 5.92 Å². The van der Waals surface area contributed by atoms with Gasteiger partial charge in [0.2, 0.25) is 0 Å². The first kappa shape index (κ1) is 18.6. The standard InChI is InChI=1S/C21H23N3O3S/c1-11-4-5-17-12(6-11)7-16-18(22)19(28-21(16)24-17)20(25)23-13-8-14(26-2)10-15(9-13)27-3/h7-11H,4-6,22H2,1-3H3,(H,23,25). The Morgan fingerprint density at radius 1 is 1.21 bits per heavy atom. The lowest BCUT2D eigenvalue weighted by molar-refractivity contribution is 0.103. The molecule has 3 N–H and O–H groups in total. The van der Waals surface area contributed by atoms with Gasteiger partial charge < -0.3 is 20.5 Å². The third-order valence-corrected chi connectivity index (χ3v) is 6.26. The first-order chi connectivity index (χ1) is 13.5. The highest BCUT2D eigenvalue weighted by molar-refractivity contribution is 7.21. The van der Waals surface area contributed by atoms with E-state index in [1.54, 1.807) is 32.4 Å². The molecule has 0 bridgehead atoms. The molecule has 1 amide bonds. The number of rotatable bonds is 4. The number of aromatic nitrogens is 1. The van der Waals surface area contributed by atoms with Crippen molar-refractivity contribution < 1.29 is 14.3 Å². The van der Waals surface area contributed by atoms with Crippen molar-refractivity contribution in [1.82, 2.24) is 4.98 Å². The molecule has 1 aliphatic carbocycles. The molecule has 1 aliphatic rings. The summed E-state index contributed by atoms with van der Waals surface area (Å²) in [7, 11) is 3.14. The van der Waals surface area contributed by atoms with Crippen molar-refractivity contribution in [1.29, 1.82) is 0 Å². The lowest BCUT2D eigenvalue weighted by Gasteiger charge is -2.20. The van der Waals surface area contributed by atoms with Gasteiger partial charge in [-0.25, -0.2) is 4.98 Å². The predicted molar refractivity (Wildman–Crippen MR) is 113 cm³/mol. The Kier molecular flexibility index (Phi) is 4.85. The summed E-state index contributed by atoms with van der Waals surface area (Å²) in [5.74, 6) is 1.59. The Hall–Kier alpha value is -2.80. The largest absolute Gasteiger partial charge is 0.497 e. The van der Waals surface area contributed by atoms with Crippen LogP contribution in [0.2, 0.25) is 0 Å². The van der Waals surface area contributed by atoms with E-state index in [0.717, 1.165) is 35.2 Å². The number of nitrogen functional groups attached to an aromatic ring is 1. The number of hydrogen-bond donors (Lipinski definition) is 2. The number of carbonyl (C=O) groups is 1. The molecule has 0 fully saturated rings. The maximum Gasteiger partial charge on any atom is 0.267 e. The Morgan fingerprint density at radius 2 is 1.93 bits per heavy atom. The van der Waals surface area contributed by atoms with Gasteiger partial charge in [0.15, 0.2) is 0 Å². The molecule has 7 heteroatoms. The molecule has 0 saturated carbocycles. The molecule has 0 radical (unpaired) electrons. The smallest absolute Gasteiger partial charge is 0.267 e. The molecule has 1 atom stereocenters. The second-order valence-electron chi connectivity index (χ2n) is 7.20. The number of amides is 1. The van der Waals surface area contributed by atoms with Crippen molar-refractivity contribution >= 4 is 38.8 Å². The van der Waals surface area contributed by atoms with Crippen LogP contribution in [0.3, 0.4) is 0 Å². The normalized spacial score (nSPS) is 15.9. The molecule has 4 rings (SSSR count). The number of carbonyl (C=O) groups excluding carboxylic acids is 1. The molecule has 3 aromatic rings. The third kappa shape index (κ3) is 3.38. The van der Waals surface area contributed by atoms with E-state index in [2.05, 4.69) is 18.3 Å². The van der Waals surface area contributed by atoms with E-state index >= 15 is 0 Å². The van der Waals surface area contributed by atoms with Crippen LogP contribution in [0.1, 0.15) is 34.3 Å². The molecule has 0 saturated heterocycles. The molecule has 1 unspecified atom stereocenters. The summed E-state index contributed by atoms with van der Waals surface area (Å²) in [6.45, 7) is 2.26. The molecule has 2 heterocycles. The Bertz CT molecular complexity index is 1040. The SMILES string of the molecule is COc1cc(NC(=O)c2sc3nc4c(cc3c2N)CC(C)CC4)cc(OC)c1. The van der Waals surface area contributed by atoms with Crippen LogP contribution in [-0.4, -0.2) is 25.1 Å². The summed E-state index contributed by atoms with van der Waals surface area (Å²) in [6.07, 6.45) is 3.14. The van der Waals surface area contributed by atoms with Crippen LogP contribution in [0.5, 0.6) is 11.5 Å². The zero-order valence-electron chi connectivity index (χ0n) is 16.2. The summed E-state index contributed by atoms with van der Waals surface area (Å²) in [4.78, 5) is 19.0. The van der Waals surface area contributed by atoms with Crippen LogP contribution < -0.4 is 20.5 Å². The minimum atomic E-state index is -0.262. The van der Waals surface area contributed by atoms with Crippen molar-refractivity contribution in [3.05, 3.63) is 40.4 Å². The summed E-state index contributed by atoms with van der Waals surface area (Å²) >= 11 is 1.33. The van der Waals surface area contributed by atoms with Crippen molar-refractivity contribution in [2.75, 3.05) is 25.3 Å². The zero-order valence-corrected chi connectivity index (χ0v) is 17.0. The third-order valence-electron chi connectivity index (χ3n) is 5.15. The molecule has 6 nitrogen and oxygen atoms in total. The number of methoxy groups -OCH3 is 2. The number of thiophene rings is 1. The molecule has 28 heavy (non-hydrogen) atoms. The number of pyridine rings is 1. The van der Waals surface area contributed by atoms with Gasteiger partial charge in [-0.05, 0) is 36.8 Å². The quantitative estimate of drug-likeness (QED) is 0.686. The van der Waals surface area contributed by atoms with Gasteiger partial charge >= 0.3 is 0 Å². The average molecular weight is 398 g/mol. The number of nitrogens with one attached hydrogen (secondary N) is 1. The van der Waals surface area contributed by atoms with Crippen LogP contribution in [0.25, 0.3) is 10.2 Å². The van der Waals surface area contributed by atoms with Crippen LogP contribution in [0.4, 0.5) is 11.4 Å². The highest BCUT2D eigenvalue weighted by Gasteiger charge is 2.22. The van der Waals surface area contributed by atoms with E-state index in [4.69, 9.17) is 20.2 Å². The highest BCUT2D eigenvalue weighted by atomic mass is 32.1. The Labute approximate surface area is 167 Å². The predicted octanol–water partition coefficient (Wildman–Crippen LogP) is 4.27. The number of fused-ring (bicyclic) bond motifs is 2. The van der Waals surface area contributed by atoms with Gasteiger partial charge in [-0.15, -0.1) is 11.3 Å². The maximum absolute atomic E-state index is 12.9. The van der Waals surface area contributed by atoms with Gasteiger partial charge in [-0.3, -0.25) is 4.79 Å². The molecule has 146 valence electrons. The minimum absolute atomic E-state index is 0.262. The number of hydrogen-bond acceptors (Lipinski definition) is 6. The van der Waals surface area contributed by atoms with Crippen LogP contribution in [0.15, 0.2) is 24.3 Å². The van der Waals surface area contributed by atoms with E-state index in [1.807, 2.05) is 0 Å². The second-order valence-corrected chi connectivity index (χ2v) is 8.19. The van der Waals surface area contributed by atoms with E-state index < -0.39 is 0 Å². The molecule has 1 aromatic carbocycles. The van der Waals surface area contributed by atoms with Crippen LogP contribution in [0, 0.1) is 5.92 Å². The van der Waals surface area contributed by atoms with E-state index in [1.165, 1.54) is 16.9 Å². The maximum atomic E-state index is 12.9. The lowest BCUT2D eigenvalue weighted by Crippen LogP contribution is -2.13. The summed E-state index contributed by atoms with van der Waals surface area (Å²) in [5, 5.41) is 3.76. The van der Waals surface area contributed by atoms with Crippen LogP contribution in [-0.2, 0) is 12.8 Å². The fraction of sp³-hybridized carbons (Fsp3) is 0.333. The minimum Gasteiger partial charge on any atom is -0.497 e. The molecule has 2 aromatic heterocycles. The van der Waals surface area contributed by atoms with Gasteiger partial charge in [0.25, 0.3) is 5.91 Å². The second kappa shape index (κ2) is 7.31. The van der Waals surface area contributed by atoms with Gasteiger partial charge in [0.05, 0.1) is 19.9 Å². The number of nitrogens with zero attached hydrogens (tertiary/aromatic N) is 1. The van der Waals surface area contributed by atoms with E-state index in [9.17, 15) is 4.79 Å². The molecule has 0 aliphatic heterocycles. The Balaban J connectivity index is 1.67. The number of anilines is 2. The number of ether oxygens (including phenoxy) is 2. The summed E-state index contributed by atoms with van der Waals surface area (Å²) < 4.78 is 10.5. The number of aryl methyl sites for hydroxylation is 1. The average Bonchev–Trinajstić information content (AvgIpc) is 3.01. The molecular weight excluding hydrogens is 374 g/mol. The monoisotopic (exact) mass is 397 g/mol. The van der Waals surface area contributed by atoms with E-state index in [-0.39, 0.29) is 5.91 Å². The van der Waals surface area contributed by atoms with Crippen molar-refractivity contribution in [3.63, 3.8) is 0 Å². The van der Waals surface area contributed by atoms with Gasteiger partial charge in [0.1, 0.15) is 21.2 Å². The first-order valence-electron chi connectivity index (χ1n) is 9.23. The fourth-order valence-corrected chi connectivity index (χ4v) is 4.60. The Morgan fingerprint density at radius 3 is 2.61 bits per heavy atom. The number of nitrogens with two attached hydrogens (primary N) is 1. The van der Waals surface area contributed by atoms with E-state index in [0.29, 0.717) is 33.7 Å². The summed E-state index contributed by atoms with van der Waals surface area (Å²) in [5.41, 5.74) is 9.79. The van der Waals surface area contributed by atoms with Gasteiger partial charge in [-0.1, -0.05) is 6.92 Å².